The lowest BCUT2D eigenvalue weighted by Gasteiger charge is -2.29. The van der Waals surface area contributed by atoms with E-state index >= 15 is 0 Å². The van der Waals surface area contributed by atoms with Gasteiger partial charge in [0.2, 0.25) is 5.91 Å². The van der Waals surface area contributed by atoms with Crippen molar-refractivity contribution < 1.29 is 32.9 Å². The summed E-state index contributed by atoms with van der Waals surface area (Å²) in [5, 5.41) is 13.8. The maximum absolute atomic E-state index is 12.9. The topological polar surface area (TPSA) is 108 Å². The smallest absolute Gasteiger partial charge is 0.268 e. The number of unbranched alkanes of at least 4 members (excludes halogenated alkanes) is 12. The number of aliphatic hydroxyl groups excluding tert-OH is 1. The van der Waals surface area contributed by atoms with Crippen molar-refractivity contribution in [1.82, 2.24) is 5.32 Å². The number of carbonyl (C=O) groups is 1. The summed E-state index contributed by atoms with van der Waals surface area (Å²) in [6, 6.07) is -0.931. The average Bonchev–Trinajstić information content (AvgIpc) is 3.21. The lowest BCUT2D eigenvalue weighted by Crippen LogP contribution is -2.45. The van der Waals surface area contributed by atoms with E-state index in [1.54, 1.807) is 6.08 Å². The summed E-state index contributed by atoms with van der Waals surface area (Å²) in [4.78, 5) is 25.3. The van der Waals surface area contributed by atoms with Gasteiger partial charge in [0, 0.05) is 6.42 Å². The van der Waals surface area contributed by atoms with Gasteiger partial charge < -0.3 is 28.8 Å². The lowest BCUT2D eigenvalue weighted by molar-refractivity contribution is -0.870. The Hall–Kier alpha value is -2.84. The lowest BCUT2D eigenvalue weighted by atomic mass is 10.1. The van der Waals surface area contributed by atoms with Crippen LogP contribution in [0, 0.1) is 0 Å². The molecule has 0 aliphatic rings. The Bertz CT molecular complexity index is 1350. The van der Waals surface area contributed by atoms with Crippen LogP contribution in [0.5, 0.6) is 0 Å². The molecule has 0 spiro atoms. The summed E-state index contributed by atoms with van der Waals surface area (Å²) < 4.78 is 23.2. The van der Waals surface area contributed by atoms with Crippen molar-refractivity contribution in [3.63, 3.8) is 0 Å². The minimum Gasteiger partial charge on any atom is -0.756 e. The summed E-state index contributed by atoms with van der Waals surface area (Å²) >= 11 is 0. The maximum atomic E-state index is 12.9. The number of allylic oxidation sites excluding steroid dienone is 17. The molecule has 0 aliphatic heterocycles. The molecule has 0 bridgehead atoms. The van der Waals surface area contributed by atoms with Crippen LogP contribution < -0.4 is 10.2 Å². The fourth-order valence-electron chi connectivity index (χ4n) is 5.95. The maximum Gasteiger partial charge on any atom is 0.268 e. The van der Waals surface area contributed by atoms with Crippen molar-refractivity contribution in [3.8, 4) is 0 Å². The molecular weight excluding hydrogens is 780 g/mol. The number of likely N-dealkylation sites (N-methyl/N-ethyl adjacent to an activating group) is 1. The summed E-state index contributed by atoms with van der Waals surface area (Å²) in [5.74, 6) is -0.242. The van der Waals surface area contributed by atoms with E-state index in [2.05, 4.69) is 116 Å². The number of amides is 1. The highest BCUT2D eigenvalue weighted by Crippen LogP contribution is 2.38. The normalized spacial score (nSPS) is 15.2. The molecule has 3 atom stereocenters. The van der Waals surface area contributed by atoms with Crippen LogP contribution in [0.1, 0.15) is 162 Å². The Balaban J connectivity index is 4.52. The zero-order valence-corrected chi connectivity index (χ0v) is 40.2. The van der Waals surface area contributed by atoms with Gasteiger partial charge in [0.15, 0.2) is 0 Å². The predicted octanol–water partition coefficient (Wildman–Crippen LogP) is 13.1. The van der Waals surface area contributed by atoms with Crippen LogP contribution in [-0.4, -0.2) is 68.5 Å². The quantitative estimate of drug-likeness (QED) is 0.0274. The van der Waals surface area contributed by atoms with Gasteiger partial charge in [0.05, 0.1) is 39.9 Å². The Morgan fingerprint density at radius 3 is 1.52 bits per heavy atom. The van der Waals surface area contributed by atoms with Gasteiger partial charge >= 0.3 is 0 Å². The van der Waals surface area contributed by atoms with Crippen LogP contribution in [0.2, 0.25) is 0 Å². The number of quaternary nitrogens is 1. The van der Waals surface area contributed by atoms with Crippen LogP contribution >= 0.6 is 7.82 Å². The van der Waals surface area contributed by atoms with E-state index < -0.39 is 26.6 Å². The predicted molar refractivity (Wildman–Crippen MR) is 260 cm³/mol. The van der Waals surface area contributed by atoms with Gasteiger partial charge in [0.25, 0.3) is 7.82 Å². The minimum atomic E-state index is -4.62. The summed E-state index contributed by atoms with van der Waals surface area (Å²) in [6.07, 6.45) is 61.4. The average molecular weight is 869 g/mol. The fourth-order valence-corrected chi connectivity index (χ4v) is 6.67. The van der Waals surface area contributed by atoms with Gasteiger partial charge in [-0.25, -0.2) is 0 Å². The molecule has 0 aromatic carbocycles. The van der Waals surface area contributed by atoms with Crippen molar-refractivity contribution in [2.45, 2.75) is 174 Å². The molecule has 3 unspecified atom stereocenters. The molecule has 0 aliphatic carbocycles. The number of nitrogens with one attached hydrogen (secondary N) is 1. The first-order valence-corrected chi connectivity index (χ1v) is 25.2. The molecule has 0 aromatic rings. The summed E-state index contributed by atoms with van der Waals surface area (Å²) in [5.41, 5.74) is 0. The van der Waals surface area contributed by atoms with E-state index in [-0.39, 0.29) is 12.5 Å². The number of carbonyl (C=O) groups excluding carboxylic acids is 1. The third-order valence-electron chi connectivity index (χ3n) is 9.69. The van der Waals surface area contributed by atoms with Crippen molar-refractivity contribution in [2.75, 3.05) is 40.9 Å². The highest BCUT2D eigenvalue weighted by atomic mass is 31.2. The number of hydrogen-bond acceptors (Lipinski definition) is 6. The van der Waals surface area contributed by atoms with E-state index in [0.29, 0.717) is 23.9 Å². The zero-order chi connectivity index (χ0) is 45.0. The number of rotatable bonds is 41. The molecule has 1 amide bonds. The van der Waals surface area contributed by atoms with Crippen LogP contribution in [0.3, 0.4) is 0 Å². The second-order valence-corrected chi connectivity index (χ2v) is 18.1. The molecule has 0 radical (unpaired) electrons. The van der Waals surface area contributed by atoms with Crippen molar-refractivity contribution in [2.24, 2.45) is 0 Å². The Kier molecular flexibility index (Phi) is 40.5. The first kappa shape index (κ1) is 58.2. The molecule has 8 nitrogen and oxygen atoms in total. The van der Waals surface area contributed by atoms with Gasteiger partial charge in [-0.3, -0.25) is 9.36 Å². The van der Waals surface area contributed by atoms with Crippen molar-refractivity contribution in [1.29, 1.82) is 0 Å². The second kappa shape index (κ2) is 42.5. The molecule has 0 rings (SSSR count). The Morgan fingerprint density at radius 1 is 0.590 bits per heavy atom. The number of phosphoric ester groups is 1. The highest BCUT2D eigenvalue weighted by Gasteiger charge is 2.23. The number of nitrogens with zero attached hydrogens (tertiary/aromatic N) is 1. The molecule has 0 fully saturated rings. The van der Waals surface area contributed by atoms with Crippen LogP contribution in [-0.2, 0) is 18.4 Å². The summed E-state index contributed by atoms with van der Waals surface area (Å²) in [6.45, 7) is 4.44. The second-order valence-electron chi connectivity index (χ2n) is 16.7. The zero-order valence-electron chi connectivity index (χ0n) is 39.3. The van der Waals surface area contributed by atoms with Crippen molar-refractivity contribution in [3.05, 3.63) is 109 Å². The Morgan fingerprint density at radius 2 is 1.02 bits per heavy atom. The van der Waals surface area contributed by atoms with Gasteiger partial charge in [-0.2, -0.15) is 0 Å². The number of hydrogen-bond donors (Lipinski definition) is 2. The molecule has 9 heteroatoms. The minimum absolute atomic E-state index is 0.0210. The van der Waals surface area contributed by atoms with E-state index in [9.17, 15) is 19.4 Å². The van der Waals surface area contributed by atoms with Crippen LogP contribution in [0.25, 0.3) is 0 Å². The molecule has 2 N–H and O–H groups in total. The van der Waals surface area contributed by atoms with Crippen molar-refractivity contribution >= 4 is 13.7 Å². The van der Waals surface area contributed by atoms with E-state index in [1.807, 2.05) is 27.2 Å². The number of phosphoric acid groups is 1. The molecule has 0 saturated heterocycles. The van der Waals surface area contributed by atoms with Gasteiger partial charge in [0.1, 0.15) is 13.2 Å². The monoisotopic (exact) mass is 869 g/mol. The number of aliphatic hydroxyl groups is 1. The molecular formula is C52H89N2O6P. The third kappa shape index (κ3) is 45.0. The molecule has 0 heterocycles. The molecule has 0 aromatic heterocycles. The van der Waals surface area contributed by atoms with E-state index in [1.165, 1.54) is 38.5 Å². The van der Waals surface area contributed by atoms with E-state index in [0.717, 1.165) is 96.3 Å². The first-order valence-electron chi connectivity index (χ1n) is 23.7. The fraction of sp³-hybridized carbons (Fsp3) is 0.635. The van der Waals surface area contributed by atoms with E-state index in [4.69, 9.17) is 9.05 Å². The third-order valence-corrected chi connectivity index (χ3v) is 10.7. The molecule has 348 valence electrons. The molecule has 61 heavy (non-hydrogen) atoms. The van der Waals surface area contributed by atoms with Gasteiger partial charge in [-0.1, -0.05) is 168 Å². The van der Waals surface area contributed by atoms with Gasteiger partial charge in [-0.15, -0.1) is 0 Å². The summed E-state index contributed by atoms with van der Waals surface area (Å²) in [7, 11) is 1.19. The standard InChI is InChI=1S/C52H89N2O6P/c1-6-8-10-12-14-16-18-20-22-24-25-26-27-28-29-30-32-34-36-38-40-42-44-46-52(56)53-50(49-60-61(57,58)59-48-47-54(3,4)5)51(55)45-43-41-39-37-35-33-31-23-21-19-17-15-13-11-9-7-2/h8,10,14,16,20-23,25-26,28-29,32,34-35,37,43,45,50-51,55H,6-7,9,11-13,15,17-19,24,27,30-31,33,36,38-42,44,46-49H2,1-5H3,(H-,53,56,57,58)/b10-8-,16-14-,22-20-,23-21+,26-25-,29-28-,34-32-,37-35+,45-43+. The largest absolute Gasteiger partial charge is 0.756 e. The highest BCUT2D eigenvalue weighted by molar-refractivity contribution is 7.45. The van der Waals surface area contributed by atoms with Gasteiger partial charge in [-0.05, 0) is 96.3 Å². The Labute approximate surface area is 374 Å². The SMILES string of the molecule is CC/C=C\C/C=C\C/C=C\C/C=C\C/C=C\C/C=C\CCCCCCC(=O)NC(COP(=O)([O-])OCC[N+](C)(C)C)C(O)/C=C/CC/C=C/CC/C=C/CCCCCCCC. The molecule has 0 saturated carbocycles. The first-order chi connectivity index (χ1) is 29.5. The van der Waals surface area contributed by atoms with Crippen LogP contribution in [0.4, 0.5) is 0 Å². The van der Waals surface area contributed by atoms with Crippen LogP contribution in [0.15, 0.2) is 109 Å².